The van der Waals surface area contributed by atoms with E-state index in [1.807, 2.05) is 0 Å². The minimum Gasteiger partial charge on any atom is -0.503 e. The minimum absolute atomic E-state index is 0.00207. The standard InChI is InChI=1S/C22H22ClFN2O5/c1-25-11-22(7-12(8-22)10-27)26-9-14(19(29)20(30)18(26)21(25)31)16(28)6-5-13-3-2-4-15(23)17(13)24/h2-4,9,12,27,30H,5-8,10-11H2,1H3. The molecule has 2 N–H and O–H groups in total. The zero-order valence-electron chi connectivity index (χ0n) is 16.9. The number of rotatable bonds is 5. The van der Waals surface area contributed by atoms with Crippen molar-refractivity contribution in [2.45, 2.75) is 31.2 Å². The molecule has 31 heavy (non-hydrogen) atoms. The fourth-order valence-electron chi connectivity index (χ4n) is 4.74. The molecular formula is C22H22ClFN2O5. The van der Waals surface area contributed by atoms with Gasteiger partial charge in [0.05, 0.1) is 16.1 Å². The van der Waals surface area contributed by atoms with Crippen molar-refractivity contribution < 1.29 is 24.2 Å². The lowest BCUT2D eigenvalue weighted by molar-refractivity contribution is -0.0102. The van der Waals surface area contributed by atoms with Crippen LogP contribution in [0.4, 0.5) is 4.39 Å². The van der Waals surface area contributed by atoms with Gasteiger partial charge in [-0.1, -0.05) is 23.7 Å². The number of pyridine rings is 1. The first-order valence-corrected chi connectivity index (χ1v) is 10.4. The highest BCUT2D eigenvalue weighted by molar-refractivity contribution is 6.30. The van der Waals surface area contributed by atoms with E-state index in [0.29, 0.717) is 19.4 Å². The first kappa shape index (κ1) is 21.5. The Kier molecular flexibility index (Phi) is 5.39. The number of ketones is 1. The number of carbonyl (C=O) groups is 2. The number of aromatic hydroxyl groups is 1. The molecule has 1 fully saturated rings. The Bertz CT molecular complexity index is 1140. The van der Waals surface area contributed by atoms with E-state index in [1.54, 1.807) is 13.1 Å². The summed E-state index contributed by atoms with van der Waals surface area (Å²) in [6.07, 6.45) is 2.32. The number of nitrogens with zero attached hydrogens (tertiary/aromatic N) is 2. The normalized spacial score (nSPS) is 22.4. The van der Waals surface area contributed by atoms with Crippen molar-refractivity contribution >= 4 is 23.3 Å². The fourth-order valence-corrected chi connectivity index (χ4v) is 4.94. The zero-order valence-corrected chi connectivity index (χ0v) is 17.7. The third-order valence-corrected chi connectivity index (χ3v) is 6.62. The number of Topliss-reactive ketones (excluding diaryl/α,β-unsaturated/α-hetero) is 1. The largest absolute Gasteiger partial charge is 0.503 e. The van der Waals surface area contributed by atoms with Gasteiger partial charge in [-0.2, -0.15) is 0 Å². The number of fused-ring (bicyclic) bond motifs is 2. The quantitative estimate of drug-likeness (QED) is 0.684. The van der Waals surface area contributed by atoms with Crippen LogP contribution >= 0.6 is 11.6 Å². The second-order valence-electron chi connectivity index (χ2n) is 8.42. The molecule has 0 saturated heterocycles. The number of aliphatic hydroxyl groups is 1. The molecule has 1 aromatic carbocycles. The average molecular weight is 449 g/mol. The number of amides is 1. The molecule has 164 valence electrons. The van der Waals surface area contributed by atoms with Gasteiger partial charge in [-0.25, -0.2) is 4.39 Å². The Morgan fingerprint density at radius 3 is 2.71 bits per heavy atom. The lowest BCUT2D eigenvalue weighted by Gasteiger charge is -2.53. The molecule has 1 amide bonds. The smallest absolute Gasteiger partial charge is 0.274 e. The molecule has 0 radical (unpaired) electrons. The minimum atomic E-state index is -0.917. The Balaban J connectivity index is 1.70. The highest BCUT2D eigenvalue weighted by Gasteiger charge is 2.51. The van der Waals surface area contributed by atoms with Crippen molar-refractivity contribution in [3.05, 3.63) is 62.3 Å². The molecule has 1 aromatic heterocycles. The highest BCUT2D eigenvalue weighted by atomic mass is 35.5. The maximum absolute atomic E-state index is 14.1. The van der Waals surface area contributed by atoms with Gasteiger partial charge in [0, 0.05) is 32.8 Å². The number of hydrogen-bond acceptors (Lipinski definition) is 5. The number of aromatic nitrogens is 1. The van der Waals surface area contributed by atoms with Crippen molar-refractivity contribution in [1.82, 2.24) is 9.47 Å². The number of likely N-dealkylation sites (N-methyl/N-ethyl adjacent to an activating group) is 1. The van der Waals surface area contributed by atoms with Crippen LogP contribution in [0.25, 0.3) is 0 Å². The van der Waals surface area contributed by atoms with Crippen molar-refractivity contribution in [2.75, 3.05) is 20.2 Å². The predicted octanol–water partition coefficient (Wildman–Crippen LogP) is 2.35. The molecule has 4 rings (SSSR count). The van der Waals surface area contributed by atoms with Crippen molar-refractivity contribution in [2.24, 2.45) is 5.92 Å². The molecule has 2 heterocycles. The molecule has 0 unspecified atom stereocenters. The number of halogens is 2. The molecule has 0 atom stereocenters. The second kappa shape index (κ2) is 7.76. The first-order valence-electron chi connectivity index (χ1n) is 10.00. The van der Waals surface area contributed by atoms with E-state index in [0.717, 1.165) is 0 Å². The maximum Gasteiger partial charge on any atom is 0.274 e. The van der Waals surface area contributed by atoms with Crippen LogP contribution in [-0.2, 0) is 12.0 Å². The number of aryl methyl sites for hydroxylation is 1. The Labute approximate surface area is 182 Å². The van der Waals surface area contributed by atoms with Crippen LogP contribution in [0.1, 0.15) is 45.7 Å². The third-order valence-electron chi connectivity index (χ3n) is 6.32. The molecule has 1 aliphatic heterocycles. The lowest BCUT2D eigenvalue weighted by Crippen LogP contribution is -2.60. The van der Waals surface area contributed by atoms with Gasteiger partial charge in [0.25, 0.3) is 5.91 Å². The predicted molar refractivity (Wildman–Crippen MR) is 111 cm³/mol. The fraction of sp³-hybridized carbons (Fsp3) is 0.409. The van der Waals surface area contributed by atoms with Crippen molar-refractivity contribution in [3.63, 3.8) is 0 Å². The number of aliphatic hydroxyl groups excluding tert-OH is 1. The van der Waals surface area contributed by atoms with E-state index in [-0.39, 0.29) is 47.2 Å². The third kappa shape index (κ3) is 3.43. The van der Waals surface area contributed by atoms with Gasteiger partial charge in [0.2, 0.25) is 5.43 Å². The van der Waals surface area contributed by atoms with E-state index < -0.39 is 34.2 Å². The molecule has 2 aliphatic rings. The summed E-state index contributed by atoms with van der Waals surface area (Å²) in [5, 5.41) is 19.9. The van der Waals surface area contributed by atoms with E-state index >= 15 is 0 Å². The molecule has 1 spiro atoms. The summed E-state index contributed by atoms with van der Waals surface area (Å²) in [4.78, 5) is 39.6. The zero-order chi connectivity index (χ0) is 22.5. The SMILES string of the molecule is CN1CC2(CC(CO)C2)n2cc(C(=O)CCc3cccc(Cl)c3F)c(=O)c(O)c2C1=O. The summed E-state index contributed by atoms with van der Waals surface area (Å²) in [7, 11) is 1.59. The molecule has 1 saturated carbocycles. The van der Waals surface area contributed by atoms with Crippen molar-refractivity contribution in [3.8, 4) is 5.75 Å². The molecular weight excluding hydrogens is 427 g/mol. The van der Waals surface area contributed by atoms with E-state index in [9.17, 15) is 29.0 Å². The average Bonchev–Trinajstić information content (AvgIpc) is 2.71. The summed E-state index contributed by atoms with van der Waals surface area (Å²) in [6.45, 7) is 0.344. The molecule has 9 heteroatoms. The van der Waals surface area contributed by atoms with Gasteiger partial charge >= 0.3 is 0 Å². The number of benzene rings is 1. The summed E-state index contributed by atoms with van der Waals surface area (Å²) in [5.74, 6) is -2.40. The van der Waals surface area contributed by atoms with Gasteiger partial charge in [-0.15, -0.1) is 0 Å². The maximum atomic E-state index is 14.1. The lowest BCUT2D eigenvalue weighted by atomic mass is 9.67. The van der Waals surface area contributed by atoms with Gasteiger partial charge in [0.15, 0.2) is 17.2 Å². The molecule has 0 bridgehead atoms. The van der Waals surface area contributed by atoms with E-state index in [4.69, 9.17) is 11.6 Å². The van der Waals surface area contributed by atoms with Crippen LogP contribution in [-0.4, -0.2) is 51.6 Å². The number of carbonyl (C=O) groups excluding carboxylic acids is 2. The molecule has 1 aliphatic carbocycles. The van der Waals surface area contributed by atoms with Crippen LogP contribution in [0.3, 0.4) is 0 Å². The van der Waals surface area contributed by atoms with Crippen LogP contribution in [0.2, 0.25) is 5.02 Å². The second-order valence-corrected chi connectivity index (χ2v) is 8.82. The van der Waals surface area contributed by atoms with Gasteiger partial charge in [-0.05, 0) is 36.8 Å². The summed E-state index contributed by atoms with van der Waals surface area (Å²) in [6, 6.07) is 4.49. The highest BCUT2D eigenvalue weighted by Crippen LogP contribution is 2.47. The Morgan fingerprint density at radius 1 is 1.32 bits per heavy atom. The van der Waals surface area contributed by atoms with Gasteiger partial charge in [-0.3, -0.25) is 14.4 Å². The number of hydrogen-bond donors (Lipinski definition) is 2. The Morgan fingerprint density at radius 2 is 2.03 bits per heavy atom. The summed E-state index contributed by atoms with van der Waals surface area (Å²) >= 11 is 5.77. The summed E-state index contributed by atoms with van der Waals surface area (Å²) in [5.41, 5.74) is -1.65. The van der Waals surface area contributed by atoms with Gasteiger partial charge < -0.3 is 19.7 Å². The first-order chi connectivity index (χ1) is 14.7. The van der Waals surface area contributed by atoms with Crippen LogP contribution in [0, 0.1) is 11.7 Å². The Hall–Kier alpha value is -2.71. The van der Waals surface area contributed by atoms with Crippen LogP contribution < -0.4 is 5.43 Å². The van der Waals surface area contributed by atoms with E-state index in [1.165, 1.54) is 27.8 Å². The topological polar surface area (TPSA) is 99.8 Å². The molecule has 7 nitrogen and oxygen atoms in total. The van der Waals surface area contributed by atoms with Crippen molar-refractivity contribution in [1.29, 1.82) is 0 Å². The van der Waals surface area contributed by atoms with Gasteiger partial charge in [0.1, 0.15) is 5.82 Å². The monoisotopic (exact) mass is 448 g/mol. The van der Waals surface area contributed by atoms with Crippen LogP contribution in [0.15, 0.2) is 29.2 Å². The van der Waals surface area contributed by atoms with Crippen LogP contribution in [0.5, 0.6) is 5.75 Å². The summed E-state index contributed by atoms with van der Waals surface area (Å²) < 4.78 is 15.6. The molecule has 2 aromatic rings. The van der Waals surface area contributed by atoms with E-state index in [2.05, 4.69) is 0 Å².